The van der Waals surface area contributed by atoms with E-state index in [1.807, 2.05) is 6.92 Å². The minimum absolute atomic E-state index is 0.0666. The smallest absolute Gasteiger partial charge is 0.475 e. The molecule has 0 unspecified atom stereocenters. The van der Waals surface area contributed by atoms with Crippen LogP contribution in [0.1, 0.15) is 5.56 Å². The van der Waals surface area contributed by atoms with E-state index in [1.165, 1.54) is 12.1 Å². The maximum Gasteiger partial charge on any atom is 0.490 e. The van der Waals surface area contributed by atoms with Gasteiger partial charge in [0.25, 0.3) is 10.1 Å². The number of halogens is 3. The van der Waals surface area contributed by atoms with Gasteiger partial charge in [0, 0.05) is 0 Å². The van der Waals surface area contributed by atoms with Gasteiger partial charge in [-0.25, -0.2) is 4.79 Å². The van der Waals surface area contributed by atoms with Crippen molar-refractivity contribution in [2.45, 2.75) is 18.0 Å². The molecule has 0 atom stereocenters. The maximum atomic E-state index is 10.6. The first kappa shape index (κ1) is 16.4. The van der Waals surface area contributed by atoms with Crippen LogP contribution < -0.4 is 0 Å². The molecule has 0 saturated carbocycles. The summed E-state index contributed by atoms with van der Waals surface area (Å²) in [5.41, 5.74) is 0.956. The van der Waals surface area contributed by atoms with Crippen molar-refractivity contribution in [1.29, 1.82) is 0 Å². The normalized spacial score (nSPS) is 11.4. The molecule has 2 N–H and O–H groups in total. The highest BCUT2D eigenvalue weighted by atomic mass is 32.2. The number of alkyl halides is 3. The molecule has 9 heteroatoms. The minimum Gasteiger partial charge on any atom is -0.475 e. The van der Waals surface area contributed by atoms with Crippen molar-refractivity contribution in [2.75, 3.05) is 0 Å². The van der Waals surface area contributed by atoms with Crippen molar-refractivity contribution >= 4 is 16.1 Å². The van der Waals surface area contributed by atoms with E-state index in [0.717, 1.165) is 5.56 Å². The Morgan fingerprint density at radius 2 is 1.50 bits per heavy atom. The summed E-state index contributed by atoms with van der Waals surface area (Å²) in [6, 6.07) is 5.99. The van der Waals surface area contributed by atoms with Gasteiger partial charge in [-0.1, -0.05) is 17.7 Å². The second kappa shape index (κ2) is 5.83. The Morgan fingerprint density at radius 1 is 1.17 bits per heavy atom. The van der Waals surface area contributed by atoms with Gasteiger partial charge in [-0.3, -0.25) is 4.55 Å². The van der Waals surface area contributed by atoms with Gasteiger partial charge in [-0.2, -0.15) is 21.6 Å². The molecule has 0 heterocycles. The minimum atomic E-state index is -5.08. The first-order valence-electron chi connectivity index (χ1n) is 4.29. The van der Waals surface area contributed by atoms with E-state index in [9.17, 15) is 21.6 Å². The summed E-state index contributed by atoms with van der Waals surface area (Å²) < 4.78 is 61.3. The topological polar surface area (TPSA) is 91.7 Å². The van der Waals surface area contributed by atoms with Crippen LogP contribution in [0.2, 0.25) is 0 Å². The Kier molecular flexibility index (Phi) is 5.30. The van der Waals surface area contributed by atoms with Gasteiger partial charge in [0.1, 0.15) is 0 Å². The fourth-order valence-corrected chi connectivity index (χ4v) is 1.19. The Labute approximate surface area is 101 Å². The summed E-state index contributed by atoms with van der Waals surface area (Å²) in [5, 5.41) is 7.12. The summed E-state index contributed by atoms with van der Waals surface area (Å²) in [5.74, 6) is -2.76. The largest absolute Gasteiger partial charge is 0.490 e. The van der Waals surface area contributed by atoms with Crippen molar-refractivity contribution in [3.63, 3.8) is 0 Å². The van der Waals surface area contributed by atoms with Crippen LogP contribution >= 0.6 is 0 Å². The van der Waals surface area contributed by atoms with E-state index < -0.39 is 22.3 Å². The monoisotopic (exact) mass is 286 g/mol. The van der Waals surface area contributed by atoms with Gasteiger partial charge in [-0.05, 0) is 19.1 Å². The highest BCUT2D eigenvalue weighted by Gasteiger charge is 2.38. The summed E-state index contributed by atoms with van der Waals surface area (Å²) in [6.45, 7) is 1.84. The van der Waals surface area contributed by atoms with Crippen LogP contribution in [-0.4, -0.2) is 30.2 Å². The fourth-order valence-electron chi connectivity index (χ4n) is 0.710. The summed E-state index contributed by atoms with van der Waals surface area (Å²) >= 11 is 0. The van der Waals surface area contributed by atoms with E-state index in [4.69, 9.17) is 14.5 Å². The van der Waals surface area contributed by atoms with Crippen molar-refractivity contribution in [3.8, 4) is 0 Å². The van der Waals surface area contributed by atoms with Crippen LogP contribution in [0.3, 0.4) is 0 Å². The van der Waals surface area contributed by atoms with Gasteiger partial charge < -0.3 is 5.11 Å². The van der Waals surface area contributed by atoms with Crippen LogP contribution in [-0.2, 0) is 14.9 Å². The standard InChI is InChI=1S/C7H8O3S.C2HF3O2/c1-6-2-4-7(5-3-6)11(8,9)10;3-2(4,5)1(6)7/h2-5H,1H3,(H,8,9,10);(H,6,7). The molecular weight excluding hydrogens is 277 g/mol. The van der Waals surface area contributed by atoms with E-state index in [-0.39, 0.29) is 4.90 Å². The lowest BCUT2D eigenvalue weighted by molar-refractivity contribution is -0.192. The molecule has 1 aromatic carbocycles. The number of aryl methyl sites for hydroxylation is 1. The average Bonchev–Trinajstić information content (AvgIpc) is 2.16. The predicted octanol–water partition coefficient (Wildman–Crippen LogP) is 1.88. The molecule has 0 aliphatic rings. The summed E-state index contributed by atoms with van der Waals surface area (Å²) in [7, 11) is -4.02. The molecule has 0 amide bonds. The second-order valence-electron chi connectivity index (χ2n) is 3.09. The number of carbonyl (C=O) groups is 1. The Morgan fingerprint density at radius 3 is 1.72 bits per heavy atom. The van der Waals surface area contributed by atoms with Crippen LogP contribution in [0.4, 0.5) is 13.2 Å². The fraction of sp³-hybridized carbons (Fsp3) is 0.222. The van der Waals surface area contributed by atoms with Crippen molar-refractivity contribution in [1.82, 2.24) is 0 Å². The van der Waals surface area contributed by atoms with Gasteiger partial charge in [0.2, 0.25) is 0 Å². The molecule has 0 fully saturated rings. The van der Waals surface area contributed by atoms with E-state index in [1.54, 1.807) is 12.1 Å². The van der Waals surface area contributed by atoms with Gasteiger partial charge >= 0.3 is 12.1 Å². The Balaban J connectivity index is 0.000000360. The van der Waals surface area contributed by atoms with Crippen molar-refractivity contribution in [3.05, 3.63) is 29.8 Å². The van der Waals surface area contributed by atoms with Crippen LogP contribution in [0.15, 0.2) is 29.2 Å². The Bertz CT molecular complexity index is 504. The third-order valence-corrected chi connectivity index (χ3v) is 2.43. The molecule has 0 aromatic heterocycles. The van der Waals surface area contributed by atoms with E-state index >= 15 is 0 Å². The lowest BCUT2D eigenvalue weighted by Gasteiger charge is -1.95. The number of aliphatic carboxylic acids is 1. The van der Waals surface area contributed by atoms with Gasteiger partial charge in [0.05, 0.1) is 4.90 Å². The zero-order chi connectivity index (χ0) is 14.6. The SMILES string of the molecule is Cc1ccc(S(=O)(=O)O)cc1.O=C(O)C(F)(F)F. The molecule has 1 aromatic rings. The van der Waals surface area contributed by atoms with Crippen molar-refractivity contribution in [2.24, 2.45) is 0 Å². The molecule has 102 valence electrons. The quantitative estimate of drug-likeness (QED) is 0.769. The predicted molar refractivity (Wildman–Crippen MR) is 54.7 cm³/mol. The number of rotatable bonds is 1. The Hall–Kier alpha value is -1.61. The highest BCUT2D eigenvalue weighted by Crippen LogP contribution is 2.13. The second-order valence-corrected chi connectivity index (χ2v) is 4.51. The molecule has 1 rings (SSSR count). The molecule has 0 bridgehead atoms. The van der Waals surface area contributed by atoms with Gasteiger partial charge in [0.15, 0.2) is 0 Å². The van der Waals surface area contributed by atoms with Crippen LogP contribution in [0, 0.1) is 6.92 Å². The van der Waals surface area contributed by atoms with Crippen molar-refractivity contribution < 1.29 is 36.0 Å². The molecule has 0 radical (unpaired) electrons. The molecule has 18 heavy (non-hydrogen) atoms. The lowest BCUT2D eigenvalue weighted by Crippen LogP contribution is -2.21. The number of carboxylic acids is 1. The highest BCUT2D eigenvalue weighted by molar-refractivity contribution is 7.85. The van der Waals surface area contributed by atoms with Gasteiger partial charge in [-0.15, -0.1) is 0 Å². The molecule has 0 saturated heterocycles. The molecule has 0 spiro atoms. The molecule has 5 nitrogen and oxygen atoms in total. The number of hydrogen-bond acceptors (Lipinski definition) is 3. The van der Waals surface area contributed by atoms with Crippen LogP contribution in [0.25, 0.3) is 0 Å². The molecule has 0 aliphatic carbocycles. The lowest BCUT2D eigenvalue weighted by atomic mass is 10.2. The first-order chi connectivity index (χ1) is 7.94. The number of hydrogen-bond donors (Lipinski definition) is 2. The van der Waals surface area contributed by atoms with E-state index in [2.05, 4.69) is 0 Å². The zero-order valence-corrected chi connectivity index (χ0v) is 9.79. The third-order valence-electron chi connectivity index (χ3n) is 1.56. The summed E-state index contributed by atoms with van der Waals surface area (Å²) in [6.07, 6.45) is -5.08. The summed E-state index contributed by atoms with van der Waals surface area (Å²) in [4.78, 5) is 8.83. The zero-order valence-electron chi connectivity index (χ0n) is 8.97. The molecule has 0 aliphatic heterocycles. The number of carboxylic acid groups (broad SMARTS) is 1. The third kappa shape index (κ3) is 6.21. The van der Waals surface area contributed by atoms with E-state index in [0.29, 0.717) is 0 Å². The average molecular weight is 286 g/mol. The maximum absolute atomic E-state index is 10.6. The van der Waals surface area contributed by atoms with Crippen LogP contribution in [0.5, 0.6) is 0 Å². The molecular formula is C9H9F3O5S. The first-order valence-corrected chi connectivity index (χ1v) is 5.73. The number of benzene rings is 1.